The lowest BCUT2D eigenvalue weighted by Gasteiger charge is -2.34. The highest BCUT2D eigenvalue weighted by molar-refractivity contribution is 5.77. The van der Waals surface area contributed by atoms with E-state index in [9.17, 15) is 4.79 Å². The summed E-state index contributed by atoms with van der Waals surface area (Å²) in [6, 6.07) is 6.33. The quantitative estimate of drug-likeness (QED) is 0.784. The standard InChI is InChI=1S/C20H33N3O2/c1-16(2)7-8-21-20(24)15-23-11-9-22(10-12-23)14-18-13-17(3)5-6-19(18)25-4/h5-6,13,16H,7-12,14-15H2,1-4H3,(H,21,24). The Morgan fingerprint density at radius 1 is 1.20 bits per heavy atom. The molecule has 1 amide bonds. The number of piperazine rings is 1. The van der Waals surface area contributed by atoms with Crippen LogP contribution >= 0.6 is 0 Å². The summed E-state index contributed by atoms with van der Waals surface area (Å²) in [4.78, 5) is 16.7. The first-order chi connectivity index (χ1) is 12.0. The number of carbonyl (C=O) groups excluding carboxylic acids is 1. The van der Waals surface area contributed by atoms with Crippen molar-refractivity contribution in [3.63, 3.8) is 0 Å². The lowest BCUT2D eigenvalue weighted by atomic mass is 10.1. The van der Waals surface area contributed by atoms with Crippen LogP contribution in [0.2, 0.25) is 0 Å². The summed E-state index contributed by atoms with van der Waals surface area (Å²) in [5.74, 6) is 1.73. The maximum Gasteiger partial charge on any atom is 0.234 e. The number of methoxy groups -OCH3 is 1. The number of carbonyl (C=O) groups is 1. The molecule has 5 nitrogen and oxygen atoms in total. The third kappa shape index (κ3) is 6.67. The van der Waals surface area contributed by atoms with Crippen LogP contribution in [-0.4, -0.2) is 62.1 Å². The number of benzene rings is 1. The number of hydrogen-bond donors (Lipinski definition) is 1. The molecule has 0 unspecified atom stereocenters. The van der Waals surface area contributed by atoms with Crippen molar-refractivity contribution < 1.29 is 9.53 Å². The van der Waals surface area contributed by atoms with Gasteiger partial charge in [0.1, 0.15) is 5.75 Å². The summed E-state index contributed by atoms with van der Waals surface area (Å²) >= 11 is 0. The Hall–Kier alpha value is -1.59. The molecule has 0 saturated carbocycles. The lowest BCUT2D eigenvalue weighted by Crippen LogP contribution is -2.49. The van der Waals surface area contributed by atoms with Gasteiger partial charge in [-0.15, -0.1) is 0 Å². The van der Waals surface area contributed by atoms with Crippen molar-refractivity contribution in [1.82, 2.24) is 15.1 Å². The maximum atomic E-state index is 12.0. The number of nitrogens with one attached hydrogen (secondary N) is 1. The molecule has 1 aromatic carbocycles. The van der Waals surface area contributed by atoms with Crippen LogP contribution in [0.15, 0.2) is 18.2 Å². The highest BCUT2D eigenvalue weighted by atomic mass is 16.5. The van der Waals surface area contributed by atoms with E-state index in [1.54, 1.807) is 7.11 Å². The monoisotopic (exact) mass is 347 g/mol. The van der Waals surface area contributed by atoms with Gasteiger partial charge in [0, 0.05) is 44.8 Å². The third-order valence-electron chi connectivity index (χ3n) is 4.71. The van der Waals surface area contributed by atoms with Gasteiger partial charge in [0.15, 0.2) is 0 Å². The fraction of sp³-hybridized carbons (Fsp3) is 0.650. The van der Waals surface area contributed by atoms with Crippen molar-refractivity contribution in [3.05, 3.63) is 29.3 Å². The summed E-state index contributed by atoms with van der Waals surface area (Å²) in [5, 5.41) is 3.02. The average molecular weight is 348 g/mol. The van der Waals surface area contributed by atoms with Gasteiger partial charge in [0.2, 0.25) is 5.91 Å². The molecule has 1 heterocycles. The minimum atomic E-state index is 0.148. The van der Waals surface area contributed by atoms with Crippen molar-refractivity contribution in [2.24, 2.45) is 5.92 Å². The highest BCUT2D eigenvalue weighted by Gasteiger charge is 2.20. The second kappa shape index (κ2) is 9.78. The SMILES string of the molecule is COc1ccc(C)cc1CN1CCN(CC(=O)NCCC(C)C)CC1. The Labute approximate surface area is 152 Å². The van der Waals surface area contributed by atoms with Crippen LogP contribution < -0.4 is 10.1 Å². The van der Waals surface area contributed by atoms with E-state index in [0.29, 0.717) is 12.5 Å². The molecule has 1 N–H and O–H groups in total. The van der Waals surface area contributed by atoms with E-state index in [1.165, 1.54) is 11.1 Å². The molecule has 1 fully saturated rings. The van der Waals surface area contributed by atoms with Crippen LogP contribution in [0.25, 0.3) is 0 Å². The van der Waals surface area contributed by atoms with Crippen LogP contribution in [0.3, 0.4) is 0 Å². The fourth-order valence-electron chi connectivity index (χ4n) is 3.14. The molecule has 0 atom stereocenters. The molecule has 1 aliphatic heterocycles. The van der Waals surface area contributed by atoms with E-state index in [-0.39, 0.29) is 5.91 Å². The minimum Gasteiger partial charge on any atom is -0.496 e. The first-order valence-corrected chi connectivity index (χ1v) is 9.33. The van der Waals surface area contributed by atoms with Crippen molar-refractivity contribution in [3.8, 4) is 5.75 Å². The van der Waals surface area contributed by atoms with Crippen LogP contribution in [0.5, 0.6) is 5.75 Å². The van der Waals surface area contributed by atoms with Gasteiger partial charge in [-0.1, -0.05) is 31.5 Å². The molecule has 0 aliphatic carbocycles. The third-order valence-corrected chi connectivity index (χ3v) is 4.71. The number of hydrogen-bond acceptors (Lipinski definition) is 4. The molecular weight excluding hydrogens is 314 g/mol. The van der Waals surface area contributed by atoms with Gasteiger partial charge in [-0.3, -0.25) is 14.6 Å². The Balaban J connectivity index is 1.74. The van der Waals surface area contributed by atoms with E-state index in [2.05, 4.69) is 48.0 Å². The number of nitrogens with zero attached hydrogens (tertiary/aromatic N) is 2. The molecule has 25 heavy (non-hydrogen) atoms. The number of amides is 1. The summed E-state index contributed by atoms with van der Waals surface area (Å²) in [7, 11) is 1.73. The van der Waals surface area contributed by atoms with Crippen molar-refractivity contribution in [2.75, 3.05) is 46.4 Å². The summed E-state index contributed by atoms with van der Waals surface area (Å²) in [5.41, 5.74) is 2.50. The van der Waals surface area contributed by atoms with Gasteiger partial charge in [0.25, 0.3) is 0 Å². The van der Waals surface area contributed by atoms with Gasteiger partial charge in [0.05, 0.1) is 13.7 Å². The lowest BCUT2D eigenvalue weighted by molar-refractivity contribution is -0.122. The topological polar surface area (TPSA) is 44.8 Å². The van der Waals surface area contributed by atoms with Gasteiger partial charge >= 0.3 is 0 Å². The van der Waals surface area contributed by atoms with E-state index < -0.39 is 0 Å². The Morgan fingerprint density at radius 2 is 1.88 bits per heavy atom. The van der Waals surface area contributed by atoms with Gasteiger partial charge in [-0.2, -0.15) is 0 Å². The van der Waals surface area contributed by atoms with Gasteiger partial charge in [-0.05, 0) is 25.3 Å². The zero-order chi connectivity index (χ0) is 18.2. The molecule has 2 rings (SSSR count). The largest absolute Gasteiger partial charge is 0.496 e. The van der Waals surface area contributed by atoms with Crippen LogP contribution in [0.4, 0.5) is 0 Å². The predicted octanol–water partition coefficient (Wildman–Crippen LogP) is 2.28. The molecule has 0 aromatic heterocycles. The average Bonchev–Trinajstić information content (AvgIpc) is 2.56. The summed E-state index contributed by atoms with van der Waals surface area (Å²) in [6.07, 6.45) is 1.04. The Bertz CT molecular complexity index is 552. The number of rotatable bonds is 8. The van der Waals surface area contributed by atoms with E-state index >= 15 is 0 Å². The van der Waals surface area contributed by atoms with Gasteiger partial charge < -0.3 is 10.1 Å². The molecule has 1 aromatic rings. The molecule has 1 saturated heterocycles. The first kappa shape index (κ1) is 19.7. The van der Waals surface area contributed by atoms with Crippen LogP contribution in [0, 0.1) is 12.8 Å². The zero-order valence-corrected chi connectivity index (χ0v) is 16.2. The first-order valence-electron chi connectivity index (χ1n) is 9.33. The van der Waals surface area contributed by atoms with Crippen LogP contribution in [-0.2, 0) is 11.3 Å². The van der Waals surface area contributed by atoms with Crippen LogP contribution in [0.1, 0.15) is 31.4 Å². The Kier molecular flexibility index (Phi) is 7.72. The molecule has 1 aliphatic rings. The molecule has 0 spiro atoms. The van der Waals surface area contributed by atoms with Crippen molar-refractivity contribution >= 4 is 5.91 Å². The highest BCUT2D eigenvalue weighted by Crippen LogP contribution is 2.21. The second-order valence-electron chi connectivity index (χ2n) is 7.40. The summed E-state index contributed by atoms with van der Waals surface area (Å²) < 4.78 is 5.48. The molecule has 140 valence electrons. The van der Waals surface area contributed by atoms with E-state index in [1.807, 2.05) is 6.07 Å². The summed E-state index contributed by atoms with van der Waals surface area (Å²) in [6.45, 7) is 12.5. The normalized spacial score (nSPS) is 16.2. The zero-order valence-electron chi connectivity index (χ0n) is 16.2. The van der Waals surface area contributed by atoms with E-state index in [4.69, 9.17) is 4.74 Å². The number of ether oxygens (including phenoxy) is 1. The molecule has 5 heteroatoms. The maximum absolute atomic E-state index is 12.0. The molecule has 0 radical (unpaired) electrons. The molecular formula is C20H33N3O2. The predicted molar refractivity (Wildman–Crippen MR) is 102 cm³/mol. The van der Waals surface area contributed by atoms with Gasteiger partial charge in [-0.25, -0.2) is 0 Å². The second-order valence-corrected chi connectivity index (χ2v) is 7.40. The minimum absolute atomic E-state index is 0.148. The van der Waals surface area contributed by atoms with Crippen molar-refractivity contribution in [2.45, 2.75) is 33.7 Å². The smallest absolute Gasteiger partial charge is 0.234 e. The fourth-order valence-corrected chi connectivity index (χ4v) is 3.14. The van der Waals surface area contributed by atoms with E-state index in [0.717, 1.165) is 51.4 Å². The molecule has 0 bridgehead atoms. The number of aryl methyl sites for hydroxylation is 1. The Morgan fingerprint density at radius 3 is 2.52 bits per heavy atom. The van der Waals surface area contributed by atoms with Crippen molar-refractivity contribution in [1.29, 1.82) is 0 Å².